The molecule has 4 heteroatoms. The van der Waals surface area contributed by atoms with Crippen molar-refractivity contribution in [1.29, 1.82) is 0 Å². The molecule has 2 nitrogen and oxygen atoms in total. The summed E-state index contributed by atoms with van der Waals surface area (Å²) >= 11 is 3.33. The molecule has 0 aliphatic carbocycles. The molecule has 0 bridgehead atoms. The van der Waals surface area contributed by atoms with Gasteiger partial charge in [-0.2, -0.15) is 0 Å². The Hall–Kier alpha value is -1.12. The van der Waals surface area contributed by atoms with Gasteiger partial charge >= 0.3 is 0 Å². The highest BCUT2D eigenvalue weighted by atomic mass is 32.1. The van der Waals surface area contributed by atoms with Gasteiger partial charge in [0.05, 0.1) is 0 Å². The highest BCUT2D eigenvalue weighted by Crippen LogP contribution is 2.46. The van der Waals surface area contributed by atoms with Gasteiger partial charge < -0.3 is 10.2 Å². The van der Waals surface area contributed by atoms with Crippen molar-refractivity contribution in [3.8, 4) is 11.8 Å². The average molecular weight is 419 g/mol. The van der Waals surface area contributed by atoms with Crippen LogP contribution in [-0.2, 0) is 11.2 Å². The summed E-state index contributed by atoms with van der Waals surface area (Å²) in [5, 5.41) is 23.6. The minimum Gasteiger partial charge on any atom is -0.373 e. The Bertz CT molecular complexity index is 850. The molecule has 2 aromatic heterocycles. The fourth-order valence-corrected chi connectivity index (χ4v) is 5.43. The maximum Gasteiger partial charge on any atom is 0.156 e. The highest BCUT2D eigenvalue weighted by molar-refractivity contribution is 7.12. The molecule has 0 aromatic carbocycles. The first-order chi connectivity index (χ1) is 12.5. The second kappa shape index (κ2) is 7.29. The fraction of sp³-hybridized carbons (Fsp3) is 0.583. The lowest BCUT2D eigenvalue weighted by Gasteiger charge is -2.39. The molecule has 0 fully saturated rings. The molecule has 0 radical (unpaired) electrons. The smallest absolute Gasteiger partial charge is 0.156 e. The van der Waals surface area contributed by atoms with Crippen LogP contribution in [-0.4, -0.2) is 10.2 Å². The Labute approximate surface area is 178 Å². The van der Waals surface area contributed by atoms with Crippen molar-refractivity contribution in [2.75, 3.05) is 0 Å². The summed E-state index contributed by atoms with van der Waals surface area (Å²) < 4.78 is 0. The van der Waals surface area contributed by atoms with E-state index in [1.54, 1.807) is 22.7 Å². The van der Waals surface area contributed by atoms with Crippen molar-refractivity contribution < 1.29 is 10.2 Å². The number of rotatable bonds is 2. The minimum atomic E-state index is -1.36. The Balaban J connectivity index is 2.76. The monoisotopic (exact) mass is 418 g/mol. The van der Waals surface area contributed by atoms with Gasteiger partial charge in [0.25, 0.3) is 0 Å². The molecule has 154 valence electrons. The van der Waals surface area contributed by atoms with Crippen LogP contribution in [0.5, 0.6) is 0 Å². The highest BCUT2D eigenvalue weighted by Gasteiger charge is 2.46. The maximum atomic E-state index is 11.8. The molecule has 2 aromatic rings. The molecule has 2 N–H and O–H groups in total. The Morgan fingerprint density at radius 2 is 0.929 bits per heavy atom. The fourth-order valence-electron chi connectivity index (χ4n) is 3.48. The Morgan fingerprint density at radius 1 is 0.643 bits per heavy atom. The van der Waals surface area contributed by atoms with Gasteiger partial charge in [-0.1, -0.05) is 53.4 Å². The van der Waals surface area contributed by atoms with Crippen LogP contribution in [0.25, 0.3) is 0 Å². The second-order valence-corrected chi connectivity index (χ2v) is 12.7. The van der Waals surface area contributed by atoms with Crippen LogP contribution in [0.3, 0.4) is 0 Å². The van der Waals surface area contributed by atoms with Crippen molar-refractivity contribution in [3.05, 3.63) is 42.8 Å². The van der Waals surface area contributed by atoms with E-state index in [-0.39, 0.29) is 0 Å². The summed E-state index contributed by atoms with van der Waals surface area (Å²) in [6.07, 6.45) is 0. The molecule has 2 atom stereocenters. The average Bonchev–Trinajstić information content (AvgIpc) is 3.03. The van der Waals surface area contributed by atoms with Crippen LogP contribution in [0.4, 0.5) is 0 Å². The standard InChI is InChI=1S/C24H34O2S2/c1-15-13-19(17(3)27-15)23(25,21(5,6)7)11-12-24(26,22(8,9)10)20-14-16(2)28-18(20)4/h13-14,25-26H,1-10H3. The third-order valence-electron chi connectivity index (χ3n) is 5.46. The Kier molecular flexibility index (Phi) is 6.03. The molecule has 0 spiro atoms. The topological polar surface area (TPSA) is 40.5 Å². The molecule has 0 amide bonds. The largest absolute Gasteiger partial charge is 0.373 e. The Morgan fingerprint density at radius 3 is 1.11 bits per heavy atom. The molecule has 2 rings (SSSR count). The van der Waals surface area contributed by atoms with Gasteiger partial charge in [-0.15, -0.1) is 22.7 Å². The first-order valence-electron chi connectivity index (χ1n) is 9.67. The van der Waals surface area contributed by atoms with Crippen molar-refractivity contribution in [1.82, 2.24) is 0 Å². The zero-order valence-corrected chi connectivity index (χ0v) is 20.5. The van der Waals surface area contributed by atoms with Crippen LogP contribution in [0.2, 0.25) is 0 Å². The quantitative estimate of drug-likeness (QED) is 0.569. The van der Waals surface area contributed by atoms with E-state index < -0.39 is 22.0 Å². The minimum absolute atomic E-state index is 0.517. The number of aliphatic hydroxyl groups is 2. The van der Waals surface area contributed by atoms with Gasteiger partial charge in [0.2, 0.25) is 0 Å². The van der Waals surface area contributed by atoms with Crippen molar-refractivity contribution in [2.24, 2.45) is 10.8 Å². The molecule has 0 aliphatic rings. The molecular formula is C24H34O2S2. The van der Waals surface area contributed by atoms with E-state index >= 15 is 0 Å². The van der Waals surface area contributed by atoms with Crippen LogP contribution < -0.4 is 0 Å². The van der Waals surface area contributed by atoms with E-state index in [1.165, 1.54) is 0 Å². The lowest BCUT2D eigenvalue weighted by molar-refractivity contribution is -0.0199. The molecule has 2 heterocycles. The zero-order chi connectivity index (χ0) is 21.7. The molecular weight excluding hydrogens is 384 g/mol. The first kappa shape index (κ1) is 23.2. The molecule has 0 saturated heterocycles. The third kappa shape index (κ3) is 3.96. The van der Waals surface area contributed by atoms with E-state index in [2.05, 4.69) is 11.8 Å². The van der Waals surface area contributed by atoms with Gasteiger partial charge in [-0.3, -0.25) is 0 Å². The van der Waals surface area contributed by atoms with E-state index in [9.17, 15) is 10.2 Å². The number of hydrogen-bond donors (Lipinski definition) is 2. The summed E-state index contributed by atoms with van der Waals surface area (Å²) in [5.41, 5.74) is -2.08. The number of hydrogen-bond acceptors (Lipinski definition) is 4. The van der Waals surface area contributed by atoms with Gasteiger partial charge in [0, 0.05) is 41.5 Å². The van der Waals surface area contributed by atoms with Crippen molar-refractivity contribution in [2.45, 2.75) is 80.4 Å². The zero-order valence-electron chi connectivity index (χ0n) is 18.9. The lowest BCUT2D eigenvalue weighted by Crippen LogP contribution is -2.42. The molecule has 28 heavy (non-hydrogen) atoms. The normalized spacial score (nSPS) is 16.9. The molecule has 0 aliphatic heterocycles. The van der Waals surface area contributed by atoms with Gasteiger partial charge in [-0.05, 0) is 39.8 Å². The van der Waals surface area contributed by atoms with Gasteiger partial charge in [0.1, 0.15) is 0 Å². The van der Waals surface area contributed by atoms with Crippen molar-refractivity contribution in [3.63, 3.8) is 0 Å². The van der Waals surface area contributed by atoms with Gasteiger partial charge in [0.15, 0.2) is 11.2 Å². The van der Waals surface area contributed by atoms with Gasteiger partial charge in [-0.25, -0.2) is 0 Å². The number of thiophene rings is 2. The van der Waals surface area contributed by atoms with E-state index in [0.29, 0.717) is 0 Å². The second-order valence-electron chi connectivity index (χ2n) is 9.82. The van der Waals surface area contributed by atoms with Crippen LogP contribution in [0.15, 0.2) is 12.1 Å². The number of aryl methyl sites for hydroxylation is 4. The summed E-state index contributed by atoms with van der Waals surface area (Å²) in [7, 11) is 0. The third-order valence-corrected chi connectivity index (χ3v) is 7.39. The predicted octanol–water partition coefficient (Wildman–Crippen LogP) is 6.21. The van der Waals surface area contributed by atoms with Crippen LogP contribution in [0.1, 0.15) is 72.2 Å². The lowest BCUT2D eigenvalue weighted by atomic mass is 9.69. The summed E-state index contributed by atoms with van der Waals surface area (Å²) in [4.78, 5) is 4.41. The van der Waals surface area contributed by atoms with Crippen LogP contribution >= 0.6 is 22.7 Å². The maximum absolute atomic E-state index is 11.8. The van der Waals surface area contributed by atoms with E-state index in [1.807, 2.05) is 81.4 Å². The summed E-state index contributed by atoms with van der Waals surface area (Å²) in [5.74, 6) is 6.31. The SMILES string of the molecule is Cc1cc(C(O)(C#CC(O)(c2cc(C)sc2C)C(C)(C)C)C(C)(C)C)c(C)s1. The summed E-state index contributed by atoms with van der Waals surface area (Å²) in [6, 6.07) is 4.05. The molecule has 0 saturated carbocycles. The van der Waals surface area contributed by atoms with E-state index in [0.717, 1.165) is 30.6 Å². The first-order valence-corrected chi connectivity index (χ1v) is 11.3. The van der Waals surface area contributed by atoms with Crippen molar-refractivity contribution >= 4 is 22.7 Å². The summed E-state index contributed by atoms with van der Waals surface area (Å²) in [6.45, 7) is 20.1. The van der Waals surface area contributed by atoms with Crippen LogP contribution in [0, 0.1) is 50.4 Å². The van der Waals surface area contributed by atoms with E-state index in [4.69, 9.17) is 0 Å². The molecule has 2 unspecified atom stereocenters. The predicted molar refractivity (Wildman–Crippen MR) is 122 cm³/mol.